The molecule has 2 aromatic carbocycles. The highest BCUT2D eigenvalue weighted by atomic mass is 16.8. The van der Waals surface area contributed by atoms with Crippen molar-refractivity contribution in [1.29, 1.82) is 0 Å². The number of ether oxygens (including phenoxy) is 3. The topological polar surface area (TPSA) is 103 Å². The minimum atomic E-state index is -1.34. The molecule has 4 N–H and O–H groups in total. The molecule has 1 aliphatic heterocycles. The summed E-state index contributed by atoms with van der Waals surface area (Å²) in [7, 11) is 0. The minimum absolute atomic E-state index is 0.266. The summed E-state index contributed by atoms with van der Waals surface area (Å²) in [5.41, 5.74) is 5.99. The van der Waals surface area contributed by atoms with Gasteiger partial charge in [-0.25, -0.2) is 0 Å². The largest absolute Gasteiger partial charge is 0.455 e. The van der Waals surface area contributed by atoms with Crippen molar-refractivity contribution in [2.24, 2.45) is 5.73 Å². The summed E-state index contributed by atoms with van der Waals surface area (Å²) in [6.45, 7) is 1.01. The fourth-order valence-corrected chi connectivity index (χ4v) is 2.33. The van der Waals surface area contributed by atoms with Crippen molar-refractivity contribution >= 4 is 11.6 Å². The predicted molar refractivity (Wildman–Crippen MR) is 99.6 cm³/mol. The number of aliphatic hydroxyl groups excluding tert-OH is 1. The molecule has 0 aliphatic carbocycles. The van der Waals surface area contributed by atoms with Crippen LogP contribution in [0.25, 0.3) is 0 Å². The van der Waals surface area contributed by atoms with Gasteiger partial charge in [0.15, 0.2) is 6.26 Å². The molecule has 2 aromatic rings. The fourth-order valence-electron chi connectivity index (χ4n) is 2.33. The number of nitrogens with one attached hydrogen (secondary N) is 1. The number of anilines is 1. The number of carbonyl (C=O) groups is 1. The number of hydrogen-bond acceptors (Lipinski definition) is 6. The van der Waals surface area contributed by atoms with Gasteiger partial charge in [0.25, 0.3) is 0 Å². The molecule has 27 heavy (non-hydrogen) atoms. The van der Waals surface area contributed by atoms with E-state index in [0.717, 1.165) is 5.56 Å². The average molecular weight is 370 g/mol. The van der Waals surface area contributed by atoms with Crippen LogP contribution in [0.5, 0.6) is 5.75 Å². The SMILES string of the molecule is C[C@](N)(CO)C(=O)Nc1ccc(OC2=COC(Cc3ccccc3)O2)cc1. The van der Waals surface area contributed by atoms with Gasteiger partial charge in [0.1, 0.15) is 11.3 Å². The van der Waals surface area contributed by atoms with E-state index in [4.69, 9.17) is 25.1 Å². The van der Waals surface area contributed by atoms with E-state index >= 15 is 0 Å². The fraction of sp³-hybridized carbons (Fsp3) is 0.250. The zero-order chi connectivity index (χ0) is 19.3. The molecule has 1 amide bonds. The number of rotatable bonds is 7. The van der Waals surface area contributed by atoms with Crippen LogP contribution in [0.1, 0.15) is 12.5 Å². The lowest BCUT2D eigenvalue weighted by Crippen LogP contribution is -2.51. The van der Waals surface area contributed by atoms with Crippen LogP contribution in [0.3, 0.4) is 0 Å². The Balaban J connectivity index is 1.51. The van der Waals surface area contributed by atoms with Gasteiger partial charge in [-0.05, 0) is 36.8 Å². The van der Waals surface area contributed by atoms with Gasteiger partial charge < -0.3 is 30.4 Å². The summed E-state index contributed by atoms with van der Waals surface area (Å²) in [5, 5.41) is 11.8. The first-order chi connectivity index (χ1) is 13.0. The van der Waals surface area contributed by atoms with E-state index in [1.54, 1.807) is 24.3 Å². The maximum Gasteiger partial charge on any atom is 0.324 e. The van der Waals surface area contributed by atoms with E-state index in [-0.39, 0.29) is 5.95 Å². The highest BCUT2D eigenvalue weighted by molar-refractivity contribution is 5.97. The van der Waals surface area contributed by atoms with Gasteiger partial charge in [-0.3, -0.25) is 4.79 Å². The monoisotopic (exact) mass is 370 g/mol. The van der Waals surface area contributed by atoms with Crippen LogP contribution in [0.4, 0.5) is 5.69 Å². The first kappa shape index (κ1) is 18.8. The molecule has 0 saturated heterocycles. The minimum Gasteiger partial charge on any atom is -0.455 e. The second kappa shape index (κ2) is 8.11. The summed E-state index contributed by atoms with van der Waals surface area (Å²) in [5.74, 6) is 0.320. The predicted octanol–water partition coefficient (Wildman–Crippen LogP) is 2.13. The van der Waals surface area contributed by atoms with Gasteiger partial charge in [-0.1, -0.05) is 30.3 Å². The summed E-state index contributed by atoms with van der Waals surface area (Å²) in [6, 6.07) is 16.6. The Bertz CT molecular complexity index is 803. The Morgan fingerprint density at radius 1 is 1.22 bits per heavy atom. The van der Waals surface area contributed by atoms with Crippen molar-refractivity contribution < 1.29 is 24.1 Å². The Hall–Kier alpha value is -3.03. The van der Waals surface area contributed by atoms with E-state index < -0.39 is 24.3 Å². The van der Waals surface area contributed by atoms with Crippen LogP contribution >= 0.6 is 0 Å². The molecule has 1 aliphatic rings. The van der Waals surface area contributed by atoms with E-state index in [9.17, 15) is 4.79 Å². The van der Waals surface area contributed by atoms with Crippen molar-refractivity contribution in [2.45, 2.75) is 25.2 Å². The van der Waals surface area contributed by atoms with Gasteiger partial charge in [-0.2, -0.15) is 0 Å². The molecule has 7 nitrogen and oxygen atoms in total. The van der Waals surface area contributed by atoms with Crippen LogP contribution in [0, 0.1) is 0 Å². The van der Waals surface area contributed by atoms with Crippen LogP contribution in [0.2, 0.25) is 0 Å². The molecule has 1 heterocycles. The Morgan fingerprint density at radius 3 is 2.59 bits per heavy atom. The van der Waals surface area contributed by atoms with Crippen molar-refractivity contribution in [3.05, 3.63) is 72.4 Å². The zero-order valence-corrected chi connectivity index (χ0v) is 14.9. The Labute approximate surface area is 157 Å². The Morgan fingerprint density at radius 2 is 1.93 bits per heavy atom. The highest BCUT2D eigenvalue weighted by Gasteiger charge is 2.27. The van der Waals surface area contributed by atoms with Crippen molar-refractivity contribution in [2.75, 3.05) is 11.9 Å². The molecule has 0 aromatic heterocycles. The van der Waals surface area contributed by atoms with E-state index in [1.165, 1.54) is 13.2 Å². The number of nitrogens with two attached hydrogens (primary N) is 1. The van der Waals surface area contributed by atoms with Crippen LogP contribution < -0.4 is 15.8 Å². The molecule has 1 unspecified atom stereocenters. The first-order valence-electron chi connectivity index (χ1n) is 8.51. The molecule has 0 radical (unpaired) electrons. The molecule has 142 valence electrons. The molecule has 0 saturated carbocycles. The van der Waals surface area contributed by atoms with Crippen LogP contribution in [0.15, 0.2) is 66.8 Å². The molecule has 7 heteroatoms. The van der Waals surface area contributed by atoms with Gasteiger partial charge >= 0.3 is 5.95 Å². The summed E-state index contributed by atoms with van der Waals surface area (Å²) < 4.78 is 16.7. The average Bonchev–Trinajstić information content (AvgIpc) is 3.11. The summed E-state index contributed by atoms with van der Waals surface area (Å²) in [6.07, 6.45) is 1.61. The Kier molecular flexibility index (Phi) is 5.63. The number of amides is 1. The number of carbonyl (C=O) groups excluding carboxylic acids is 1. The molecule has 0 fully saturated rings. The molecular formula is C20H22N2O5. The second-order valence-corrected chi connectivity index (χ2v) is 6.47. The van der Waals surface area contributed by atoms with Crippen LogP contribution in [-0.2, 0) is 20.7 Å². The number of hydrogen-bond donors (Lipinski definition) is 3. The van der Waals surface area contributed by atoms with Crippen molar-refractivity contribution in [3.63, 3.8) is 0 Å². The zero-order valence-electron chi connectivity index (χ0n) is 14.9. The molecule has 0 bridgehead atoms. The van der Waals surface area contributed by atoms with Gasteiger partial charge in [0.2, 0.25) is 12.2 Å². The lowest BCUT2D eigenvalue weighted by Gasteiger charge is -2.20. The quantitative estimate of drug-likeness (QED) is 0.690. The normalized spacial score (nSPS) is 17.9. The molecule has 0 spiro atoms. The maximum atomic E-state index is 11.9. The second-order valence-electron chi connectivity index (χ2n) is 6.47. The maximum absolute atomic E-state index is 11.9. The number of benzene rings is 2. The summed E-state index contributed by atoms with van der Waals surface area (Å²) in [4.78, 5) is 11.9. The first-order valence-corrected chi connectivity index (χ1v) is 8.51. The van der Waals surface area contributed by atoms with Gasteiger partial charge in [0, 0.05) is 12.1 Å². The van der Waals surface area contributed by atoms with E-state index in [2.05, 4.69) is 5.32 Å². The third-order valence-electron chi connectivity index (χ3n) is 3.99. The van der Waals surface area contributed by atoms with Gasteiger partial charge in [-0.15, -0.1) is 0 Å². The lowest BCUT2D eigenvalue weighted by molar-refractivity contribution is -0.121. The van der Waals surface area contributed by atoms with Crippen molar-refractivity contribution in [3.8, 4) is 5.75 Å². The molecule has 2 atom stereocenters. The molecule has 3 rings (SSSR count). The van der Waals surface area contributed by atoms with E-state index in [0.29, 0.717) is 17.9 Å². The van der Waals surface area contributed by atoms with Crippen molar-refractivity contribution in [1.82, 2.24) is 0 Å². The van der Waals surface area contributed by atoms with Gasteiger partial charge in [0.05, 0.1) is 6.61 Å². The summed E-state index contributed by atoms with van der Waals surface area (Å²) >= 11 is 0. The smallest absolute Gasteiger partial charge is 0.324 e. The highest BCUT2D eigenvalue weighted by Crippen LogP contribution is 2.23. The third kappa shape index (κ3) is 4.99. The molecular weight excluding hydrogens is 348 g/mol. The van der Waals surface area contributed by atoms with E-state index in [1.807, 2.05) is 30.3 Å². The number of aliphatic hydroxyl groups is 1. The lowest BCUT2D eigenvalue weighted by atomic mass is 10.0. The standard InChI is InChI=1S/C20H22N2O5/c1-20(21,13-23)19(24)22-15-7-9-16(10-8-15)26-18-12-25-17(27-18)11-14-5-3-2-4-6-14/h2-10,12,17,23H,11,13,21H2,1H3,(H,22,24)/t17?,20-/m0/s1. The third-order valence-corrected chi connectivity index (χ3v) is 3.99. The van der Waals surface area contributed by atoms with Crippen LogP contribution in [-0.4, -0.2) is 29.4 Å².